The van der Waals surface area contributed by atoms with E-state index in [9.17, 15) is 8.42 Å². The minimum atomic E-state index is -3.54. The van der Waals surface area contributed by atoms with Crippen LogP contribution in [0.25, 0.3) is 0 Å². The summed E-state index contributed by atoms with van der Waals surface area (Å²) < 4.78 is 31.3. The molecule has 2 rings (SSSR count). The Morgan fingerprint density at radius 1 is 1.17 bits per heavy atom. The molecular formula is C11H13N3O3S. The molecule has 1 aromatic carbocycles. The highest BCUT2D eigenvalue weighted by Gasteiger charge is 2.13. The van der Waals surface area contributed by atoms with Gasteiger partial charge < -0.3 is 9.84 Å². The lowest BCUT2D eigenvalue weighted by Crippen LogP contribution is -2.23. The summed E-state index contributed by atoms with van der Waals surface area (Å²) >= 11 is 0. The van der Waals surface area contributed by atoms with Crippen LogP contribution in [-0.2, 0) is 16.6 Å². The molecule has 0 bridgehead atoms. The van der Waals surface area contributed by atoms with Crippen LogP contribution in [0.1, 0.15) is 5.76 Å². The van der Waals surface area contributed by atoms with Crippen LogP contribution in [0.15, 0.2) is 52.0 Å². The number of nitrogen functional groups attached to an aromatic ring is 1. The van der Waals surface area contributed by atoms with Crippen molar-refractivity contribution in [3.8, 4) is 0 Å². The fourth-order valence-electron chi connectivity index (χ4n) is 1.39. The molecule has 0 spiro atoms. The van der Waals surface area contributed by atoms with Crippen molar-refractivity contribution < 1.29 is 12.8 Å². The van der Waals surface area contributed by atoms with E-state index < -0.39 is 10.0 Å². The molecule has 1 aromatic heterocycles. The third kappa shape index (κ3) is 2.89. The molecular weight excluding hydrogens is 254 g/mol. The summed E-state index contributed by atoms with van der Waals surface area (Å²) in [6.07, 6.45) is 1.49. The van der Waals surface area contributed by atoms with Crippen molar-refractivity contribution in [2.75, 3.05) is 5.43 Å². The van der Waals surface area contributed by atoms with Crippen LogP contribution in [-0.4, -0.2) is 8.42 Å². The van der Waals surface area contributed by atoms with Crippen LogP contribution in [0.4, 0.5) is 5.69 Å². The maximum Gasteiger partial charge on any atom is 0.240 e. The Hall–Kier alpha value is -1.83. The van der Waals surface area contributed by atoms with Crippen LogP contribution < -0.4 is 16.0 Å². The van der Waals surface area contributed by atoms with Gasteiger partial charge in [-0.3, -0.25) is 5.84 Å². The fourth-order valence-corrected chi connectivity index (χ4v) is 2.39. The molecule has 0 aliphatic heterocycles. The predicted molar refractivity (Wildman–Crippen MR) is 67.0 cm³/mol. The van der Waals surface area contributed by atoms with Gasteiger partial charge in [0.05, 0.1) is 17.7 Å². The van der Waals surface area contributed by atoms with Crippen LogP contribution in [0.3, 0.4) is 0 Å². The highest BCUT2D eigenvalue weighted by Crippen LogP contribution is 2.13. The summed E-state index contributed by atoms with van der Waals surface area (Å²) in [4.78, 5) is 0.174. The molecule has 18 heavy (non-hydrogen) atoms. The maximum atomic E-state index is 11.9. The molecule has 0 saturated heterocycles. The van der Waals surface area contributed by atoms with E-state index in [0.29, 0.717) is 11.4 Å². The first-order chi connectivity index (χ1) is 8.62. The number of hydrogen-bond acceptors (Lipinski definition) is 5. The van der Waals surface area contributed by atoms with Gasteiger partial charge in [0.2, 0.25) is 10.0 Å². The van der Waals surface area contributed by atoms with Gasteiger partial charge in [0, 0.05) is 5.69 Å². The molecule has 1 heterocycles. The Balaban J connectivity index is 2.09. The molecule has 0 saturated carbocycles. The van der Waals surface area contributed by atoms with Gasteiger partial charge in [-0.2, -0.15) is 0 Å². The smallest absolute Gasteiger partial charge is 0.240 e. The zero-order chi connectivity index (χ0) is 13.0. The monoisotopic (exact) mass is 267 g/mol. The van der Waals surface area contributed by atoms with Crippen LogP contribution in [0.2, 0.25) is 0 Å². The van der Waals surface area contributed by atoms with Gasteiger partial charge in [-0.05, 0) is 36.4 Å². The van der Waals surface area contributed by atoms with E-state index in [2.05, 4.69) is 10.1 Å². The van der Waals surface area contributed by atoms with Crippen molar-refractivity contribution in [2.45, 2.75) is 11.4 Å². The molecule has 0 aliphatic rings. The van der Waals surface area contributed by atoms with E-state index in [4.69, 9.17) is 10.3 Å². The Bertz CT molecular complexity index is 591. The van der Waals surface area contributed by atoms with Gasteiger partial charge >= 0.3 is 0 Å². The third-order valence-electron chi connectivity index (χ3n) is 2.35. The van der Waals surface area contributed by atoms with Crippen molar-refractivity contribution >= 4 is 15.7 Å². The van der Waals surface area contributed by atoms with Crippen molar-refractivity contribution in [3.05, 3.63) is 48.4 Å². The number of nitrogens with one attached hydrogen (secondary N) is 2. The van der Waals surface area contributed by atoms with Gasteiger partial charge in [-0.15, -0.1) is 0 Å². The lowest BCUT2D eigenvalue weighted by atomic mass is 10.3. The van der Waals surface area contributed by atoms with Gasteiger partial charge in [-0.25, -0.2) is 13.1 Å². The number of benzene rings is 1. The van der Waals surface area contributed by atoms with E-state index in [0.717, 1.165) is 0 Å². The summed E-state index contributed by atoms with van der Waals surface area (Å²) in [6, 6.07) is 9.51. The molecule has 0 amide bonds. The number of hydrazine groups is 1. The lowest BCUT2D eigenvalue weighted by Gasteiger charge is -2.06. The Morgan fingerprint density at radius 2 is 1.89 bits per heavy atom. The largest absolute Gasteiger partial charge is 0.468 e. The first-order valence-corrected chi connectivity index (χ1v) is 6.69. The SMILES string of the molecule is NNc1ccc(S(=O)(=O)NCc2ccco2)cc1. The quantitative estimate of drug-likeness (QED) is 0.555. The Morgan fingerprint density at radius 3 is 2.44 bits per heavy atom. The van der Waals surface area contributed by atoms with Crippen LogP contribution in [0, 0.1) is 0 Å². The first kappa shape index (κ1) is 12.6. The second-order valence-corrected chi connectivity index (χ2v) is 5.34. The van der Waals surface area contributed by atoms with Gasteiger partial charge in [-0.1, -0.05) is 0 Å². The first-order valence-electron chi connectivity index (χ1n) is 5.20. The Labute approximate surface area is 105 Å². The second kappa shape index (κ2) is 5.21. The maximum absolute atomic E-state index is 11.9. The molecule has 6 nitrogen and oxygen atoms in total. The normalized spacial score (nSPS) is 11.4. The van der Waals surface area contributed by atoms with E-state index in [1.165, 1.54) is 18.4 Å². The number of sulfonamides is 1. The van der Waals surface area contributed by atoms with E-state index in [1.54, 1.807) is 24.3 Å². The molecule has 0 fully saturated rings. The van der Waals surface area contributed by atoms with E-state index in [-0.39, 0.29) is 11.4 Å². The van der Waals surface area contributed by atoms with Crippen molar-refractivity contribution in [3.63, 3.8) is 0 Å². The van der Waals surface area contributed by atoms with Gasteiger partial charge in [0.1, 0.15) is 5.76 Å². The van der Waals surface area contributed by atoms with Crippen molar-refractivity contribution in [2.24, 2.45) is 5.84 Å². The van der Waals surface area contributed by atoms with Gasteiger partial charge in [0.15, 0.2) is 0 Å². The van der Waals surface area contributed by atoms with E-state index in [1.807, 2.05) is 0 Å². The summed E-state index contributed by atoms with van der Waals surface area (Å²) in [7, 11) is -3.54. The highest BCUT2D eigenvalue weighted by atomic mass is 32.2. The summed E-state index contributed by atoms with van der Waals surface area (Å²) in [6.45, 7) is 0.117. The van der Waals surface area contributed by atoms with Crippen LogP contribution >= 0.6 is 0 Å². The topological polar surface area (TPSA) is 97.4 Å². The standard InChI is InChI=1S/C11H13N3O3S/c12-14-9-3-5-11(6-4-9)18(15,16)13-8-10-2-1-7-17-10/h1-7,13-14H,8,12H2. The molecule has 7 heteroatoms. The second-order valence-electron chi connectivity index (χ2n) is 3.57. The minimum Gasteiger partial charge on any atom is -0.468 e. The van der Waals surface area contributed by atoms with Gasteiger partial charge in [0.25, 0.3) is 0 Å². The molecule has 0 unspecified atom stereocenters. The number of anilines is 1. The summed E-state index contributed by atoms with van der Waals surface area (Å²) in [5, 5.41) is 0. The highest BCUT2D eigenvalue weighted by molar-refractivity contribution is 7.89. The van der Waals surface area contributed by atoms with E-state index >= 15 is 0 Å². The average molecular weight is 267 g/mol. The minimum absolute atomic E-state index is 0.117. The number of furan rings is 1. The summed E-state index contributed by atoms with van der Waals surface area (Å²) in [5.74, 6) is 5.76. The summed E-state index contributed by atoms with van der Waals surface area (Å²) in [5.41, 5.74) is 3.07. The molecule has 4 N–H and O–H groups in total. The zero-order valence-electron chi connectivity index (χ0n) is 9.46. The third-order valence-corrected chi connectivity index (χ3v) is 3.76. The molecule has 96 valence electrons. The number of hydrogen-bond donors (Lipinski definition) is 3. The molecule has 2 aromatic rings. The van der Waals surface area contributed by atoms with Crippen LogP contribution in [0.5, 0.6) is 0 Å². The molecule has 0 aliphatic carbocycles. The number of rotatable bonds is 5. The fraction of sp³-hybridized carbons (Fsp3) is 0.0909. The zero-order valence-corrected chi connectivity index (χ0v) is 10.3. The average Bonchev–Trinajstić information content (AvgIpc) is 2.90. The van der Waals surface area contributed by atoms with Crippen molar-refractivity contribution in [1.29, 1.82) is 0 Å². The number of nitrogens with two attached hydrogens (primary N) is 1. The lowest BCUT2D eigenvalue weighted by molar-refractivity contribution is 0.498. The Kier molecular flexibility index (Phi) is 3.66. The molecule has 0 radical (unpaired) electrons. The molecule has 0 atom stereocenters. The van der Waals surface area contributed by atoms with Crippen molar-refractivity contribution in [1.82, 2.24) is 4.72 Å². The predicted octanol–water partition coefficient (Wildman–Crippen LogP) is 1.04.